The first kappa shape index (κ1) is 20.4. The second kappa shape index (κ2) is 7.96. The van der Waals surface area contributed by atoms with Gasteiger partial charge in [0.05, 0.1) is 16.4 Å². The molecule has 0 radical (unpaired) electrons. The minimum atomic E-state index is -0.337. The Kier molecular flexibility index (Phi) is 4.92. The third-order valence-corrected chi connectivity index (χ3v) is 7.39. The maximum atomic E-state index is 13.5. The van der Waals surface area contributed by atoms with Gasteiger partial charge in [-0.25, -0.2) is 4.98 Å². The van der Waals surface area contributed by atoms with E-state index in [-0.39, 0.29) is 11.3 Å². The molecule has 1 aromatic heterocycles. The molecule has 0 spiro atoms. The summed E-state index contributed by atoms with van der Waals surface area (Å²) in [6.07, 6.45) is 3.01. The summed E-state index contributed by atoms with van der Waals surface area (Å²) >= 11 is 0. The number of hydrogen-bond acceptors (Lipinski definition) is 3. The number of ketones is 1. The summed E-state index contributed by atoms with van der Waals surface area (Å²) in [6.45, 7) is 4.50. The van der Waals surface area contributed by atoms with Crippen molar-refractivity contribution < 1.29 is 4.79 Å². The van der Waals surface area contributed by atoms with Crippen LogP contribution >= 0.6 is 0 Å². The Balaban J connectivity index is 1.46. The molecule has 2 aliphatic rings. The van der Waals surface area contributed by atoms with Crippen molar-refractivity contribution in [2.24, 2.45) is 11.3 Å². The molecule has 1 saturated carbocycles. The number of Topliss-reactive ketones (excluding diaryl/α,β-unsaturated/α-hetero) is 1. The third kappa shape index (κ3) is 3.59. The van der Waals surface area contributed by atoms with Crippen molar-refractivity contribution in [2.75, 3.05) is 13.1 Å². The molecule has 1 aliphatic carbocycles. The molecule has 2 heterocycles. The number of nitrogens with one attached hydrogen (secondary N) is 1. The number of fused-ring (bicyclic) bond motifs is 1. The average molecular weight is 436 g/mol. The minimum Gasteiger partial charge on any atom is -0.323 e. The molecule has 6 rings (SSSR count). The number of carbonyl (C=O) groups excluding carboxylic acids is 1. The summed E-state index contributed by atoms with van der Waals surface area (Å²) in [7, 11) is 0. The van der Waals surface area contributed by atoms with Crippen LogP contribution in [0.4, 0.5) is 0 Å². The van der Waals surface area contributed by atoms with Gasteiger partial charge in [0.1, 0.15) is 11.6 Å². The first-order chi connectivity index (χ1) is 16.1. The van der Waals surface area contributed by atoms with Crippen LogP contribution < -0.4 is 5.32 Å². The van der Waals surface area contributed by atoms with Crippen LogP contribution in [0.5, 0.6) is 0 Å². The van der Waals surface area contributed by atoms with E-state index in [0.717, 1.165) is 54.8 Å². The van der Waals surface area contributed by atoms with Gasteiger partial charge >= 0.3 is 0 Å². The predicted molar refractivity (Wildman–Crippen MR) is 133 cm³/mol. The Bertz CT molecular complexity index is 1310. The Morgan fingerprint density at radius 3 is 2.39 bits per heavy atom. The van der Waals surface area contributed by atoms with Crippen LogP contribution in [0.2, 0.25) is 0 Å². The fraction of sp³-hybridized carbons (Fsp3) is 0.310. The highest BCUT2D eigenvalue weighted by atomic mass is 16.1. The Morgan fingerprint density at radius 2 is 1.70 bits per heavy atom. The third-order valence-electron chi connectivity index (χ3n) is 7.39. The van der Waals surface area contributed by atoms with Gasteiger partial charge in [0, 0.05) is 24.6 Å². The van der Waals surface area contributed by atoms with Crippen LogP contribution in [-0.4, -0.2) is 28.4 Å². The molecule has 1 atom stereocenters. The molecule has 1 aliphatic heterocycles. The molecule has 3 aromatic carbocycles. The molecule has 2 fully saturated rings. The van der Waals surface area contributed by atoms with Gasteiger partial charge in [-0.3, -0.25) is 4.79 Å². The number of hydrogen-bond donors (Lipinski definition) is 1. The lowest BCUT2D eigenvalue weighted by Crippen LogP contribution is -2.39. The van der Waals surface area contributed by atoms with Crippen LogP contribution in [0.3, 0.4) is 0 Å². The zero-order chi connectivity index (χ0) is 22.4. The summed E-state index contributed by atoms with van der Waals surface area (Å²) in [5.41, 5.74) is 6.50. The normalized spacial score (nSPS) is 20.4. The molecule has 4 nitrogen and oxygen atoms in total. The summed E-state index contributed by atoms with van der Waals surface area (Å²) < 4.78 is 2.33. The van der Waals surface area contributed by atoms with Crippen molar-refractivity contribution in [3.63, 3.8) is 0 Å². The van der Waals surface area contributed by atoms with E-state index in [0.29, 0.717) is 12.3 Å². The topological polar surface area (TPSA) is 46.9 Å². The summed E-state index contributed by atoms with van der Waals surface area (Å²) in [5.74, 6) is 1.66. The number of benzene rings is 3. The summed E-state index contributed by atoms with van der Waals surface area (Å²) in [6, 6.07) is 25.4. The van der Waals surface area contributed by atoms with E-state index in [4.69, 9.17) is 4.98 Å². The quantitative estimate of drug-likeness (QED) is 0.426. The molecular weight excluding hydrogens is 406 g/mol. The minimum absolute atomic E-state index is 0.259. The molecule has 0 unspecified atom stereocenters. The van der Waals surface area contributed by atoms with Gasteiger partial charge in [-0.15, -0.1) is 0 Å². The maximum Gasteiger partial charge on any atom is 0.145 e. The lowest BCUT2D eigenvalue weighted by Gasteiger charge is -2.29. The number of imidazole rings is 1. The van der Waals surface area contributed by atoms with Gasteiger partial charge in [0.25, 0.3) is 0 Å². The molecule has 166 valence electrons. The molecular formula is C29H29N3O. The largest absolute Gasteiger partial charge is 0.323 e. The van der Waals surface area contributed by atoms with E-state index >= 15 is 0 Å². The molecule has 4 heteroatoms. The fourth-order valence-electron chi connectivity index (χ4n) is 5.43. The molecule has 1 N–H and O–H groups in total. The van der Waals surface area contributed by atoms with Gasteiger partial charge in [-0.1, -0.05) is 66.7 Å². The van der Waals surface area contributed by atoms with Crippen LogP contribution in [0.15, 0.2) is 72.8 Å². The van der Waals surface area contributed by atoms with Gasteiger partial charge < -0.3 is 9.88 Å². The Hall–Kier alpha value is -3.24. The number of aryl methyl sites for hydroxylation is 1. The standard InChI is InChI=1S/C29H29N3O/c1-20-6-5-9-25-26(20)32(19-29(16-17-30-18-29)27(33)23-12-13-23)28(31-25)24-14-10-22(11-15-24)21-7-3-2-4-8-21/h2-11,14-15,23,30H,12-13,16-19H2,1H3/t29-/m0/s1. The van der Waals surface area contributed by atoms with Crippen LogP contribution in [0.25, 0.3) is 33.5 Å². The van der Waals surface area contributed by atoms with E-state index in [1.807, 2.05) is 6.07 Å². The summed E-state index contributed by atoms with van der Waals surface area (Å²) in [5, 5.41) is 3.48. The number of rotatable bonds is 6. The van der Waals surface area contributed by atoms with Gasteiger partial charge in [-0.2, -0.15) is 0 Å². The monoisotopic (exact) mass is 435 g/mol. The SMILES string of the molecule is Cc1cccc2nc(-c3ccc(-c4ccccc4)cc3)n(C[C@]3(C(=O)C4CC4)CCNC3)c12. The van der Waals surface area contributed by atoms with E-state index in [9.17, 15) is 4.79 Å². The number of nitrogens with zero attached hydrogens (tertiary/aromatic N) is 2. The lowest BCUT2D eigenvalue weighted by molar-refractivity contribution is -0.129. The highest BCUT2D eigenvalue weighted by Gasteiger charge is 2.48. The molecule has 33 heavy (non-hydrogen) atoms. The predicted octanol–water partition coefficient (Wildman–Crippen LogP) is 5.64. The van der Waals surface area contributed by atoms with Gasteiger partial charge in [0.15, 0.2) is 0 Å². The first-order valence-corrected chi connectivity index (χ1v) is 12.0. The van der Waals surface area contributed by atoms with Crippen molar-refractivity contribution in [1.82, 2.24) is 14.9 Å². The van der Waals surface area contributed by atoms with E-state index in [1.165, 1.54) is 16.7 Å². The smallest absolute Gasteiger partial charge is 0.145 e. The molecule has 4 aromatic rings. The fourth-order valence-corrected chi connectivity index (χ4v) is 5.43. The zero-order valence-corrected chi connectivity index (χ0v) is 19.1. The molecule has 0 amide bonds. The highest BCUT2D eigenvalue weighted by molar-refractivity contribution is 5.90. The van der Waals surface area contributed by atoms with Gasteiger partial charge in [0.2, 0.25) is 0 Å². The molecule has 0 bridgehead atoms. The molecule has 1 saturated heterocycles. The number of para-hydroxylation sites is 1. The summed E-state index contributed by atoms with van der Waals surface area (Å²) in [4.78, 5) is 18.5. The number of aromatic nitrogens is 2. The Morgan fingerprint density at radius 1 is 0.970 bits per heavy atom. The van der Waals surface area contributed by atoms with E-state index in [2.05, 4.69) is 83.5 Å². The van der Waals surface area contributed by atoms with Crippen molar-refractivity contribution in [3.05, 3.63) is 78.4 Å². The van der Waals surface area contributed by atoms with Crippen LogP contribution in [-0.2, 0) is 11.3 Å². The van der Waals surface area contributed by atoms with Crippen molar-refractivity contribution in [1.29, 1.82) is 0 Å². The van der Waals surface area contributed by atoms with E-state index in [1.54, 1.807) is 0 Å². The maximum absolute atomic E-state index is 13.5. The first-order valence-electron chi connectivity index (χ1n) is 12.0. The van der Waals surface area contributed by atoms with Crippen LogP contribution in [0.1, 0.15) is 24.8 Å². The number of carbonyl (C=O) groups is 1. The van der Waals surface area contributed by atoms with Crippen molar-refractivity contribution in [2.45, 2.75) is 32.7 Å². The van der Waals surface area contributed by atoms with Crippen LogP contribution in [0, 0.1) is 18.3 Å². The average Bonchev–Trinajstić information content (AvgIpc) is 3.48. The van der Waals surface area contributed by atoms with E-state index < -0.39 is 0 Å². The second-order valence-electron chi connectivity index (χ2n) is 9.75. The highest BCUT2D eigenvalue weighted by Crippen LogP contribution is 2.42. The second-order valence-corrected chi connectivity index (χ2v) is 9.75. The Labute approximate surface area is 194 Å². The lowest BCUT2D eigenvalue weighted by atomic mass is 9.80. The van der Waals surface area contributed by atoms with Gasteiger partial charge in [-0.05, 0) is 55.5 Å². The van der Waals surface area contributed by atoms with Crippen molar-refractivity contribution >= 4 is 16.8 Å². The zero-order valence-electron chi connectivity index (χ0n) is 19.1. The van der Waals surface area contributed by atoms with Crippen molar-refractivity contribution in [3.8, 4) is 22.5 Å².